The Morgan fingerprint density at radius 2 is 2.47 bits per heavy atom. The van der Waals surface area contributed by atoms with Gasteiger partial charge >= 0.3 is 0 Å². The molecule has 90 valence electrons. The lowest BCUT2D eigenvalue weighted by atomic mass is 9.94. The quantitative estimate of drug-likeness (QED) is 0.885. The number of rotatable bonds is 2. The monoisotopic (exact) mass is 250 g/mol. The SMILES string of the molecule is CC1CCNC(c2nc(-c3cscn3)no2)C1. The van der Waals surface area contributed by atoms with Crippen molar-refractivity contribution in [2.24, 2.45) is 5.92 Å². The van der Waals surface area contributed by atoms with Gasteiger partial charge in [-0.05, 0) is 25.3 Å². The Balaban J connectivity index is 1.80. The number of nitrogens with one attached hydrogen (secondary N) is 1. The van der Waals surface area contributed by atoms with Crippen molar-refractivity contribution in [2.45, 2.75) is 25.8 Å². The molecule has 0 radical (unpaired) electrons. The molecule has 2 aromatic rings. The Kier molecular flexibility index (Phi) is 2.90. The van der Waals surface area contributed by atoms with Gasteiger partial charge < -0.3 is 9.84 Å². The van der Waals surface area contributed by atoms with Gasteiger partial charge in [-0.3, -0.25) is 0 Å². The molecular weight excluding hydrogens is 236 g/mol. The van der Waals surface area contributed by atoms with E-state index < -0.39 is 0 Å². The van der Waals surface area contributed by atoms with Crippen LogP contribution in [0.15, 0.2) is 15.4 Å². The largest absolute Gasteiger partial charge is 0.337 e. The second kappa shape index (κ2) is 4.54. The second-order valence-electron chi connectivity index (χ2n) is 4.47. The van der Waals surface area contributed by atoms with E-state index in [1.807, 2.05) is 5.38 Å². The molecule has 5 nitrogen and oxygen atoms in total. The van der Waals surface area contributed by atoms with Crippen molar-refractivity contribution in [1.82, 2.24) is 20.4 Å². The maximum atomic E-state index is 5.32. The van der Waals surface area contributed by atoms with Crippen LogP contribution < -0.4 is 5.32 Å². The van der Waals surface area contributed by atoms with Gasteiger partial charge in [0.05, 0.1) is 11.6 Å². The van der Waals surface area contributed by atoms with Gasteiger partial charge in [0.15, 0.2) is 0 Å². The normalized spacial score (nSPS) is 25.0. The number of hydrogen-bond acceptors (Lipinski definition) is 6. The van der Waals surface area contributed by atoms with Crippen molar-refractivity contribution in [2.75, 3.05) is 6.54 Å². The van der Waals surface area contributed by atoms with Crippen LogP contribution in [0.2, 0.25) is 0 Å². The van der Waals surface area contributed by atoms with Crippen LogP contribution in [0.4, 0.5) is 0 Å². The summed E-state index contributed by atoms with van der Waals surface area (Å²) in [6, 6.07) is 0.193. The summed E-state index contributed by atoms with van der Waals surface area (Å²) in [7, 11) is 0. The Morgan fingerprint density at radius 1 is 1.53 bits per heavy atom. The van der Waals surface area contributed by atoms with Crippen molar-refractivity contribution in [3.63, 3.8) is 0 Å². The van der Waals surface area contributed by atoms with E-state index in [9.17, 15) is 0 Å². The van der Waals surface area contributed by atoms with Gasteiger partial charge in [-0.25, -0.2) is 4.98 Å². The standard InChI is InChI=1S/C11H14N4OS/c1-7-2-3-12-8(4-7)11-14-10(15-16-11)9-5-17-6-13-9/h5-8,12H,2-4H2,1H3. The lowest BCUT2D eigenvalue weighted by Gasteiger charge is -2.25. The minimum atomic E-state index is 0.193. The average Bonchev–Trinajstić information content (AvgIpc) is 3.00. The molecule has 3 rings (SSSR count). The third-order valence-electron chi connectivity index (χ3n) is 3.07. The summed E-state index contributed by atoms with van der Waals surface area (Å²) in [5.74, 6) is 1.97. The fraction of sp³-hybridized carbons (Fsp3) is 0.545. The Hall–Kier alpha value is -1.27. The third kappa shape index (κ3) is 2.23. The van der Waals surface area contributed by atoms with E-state index >= 15 is 0 Å². The Labute approximate surface area is 103 Å². The van der Waals surface area contributed by atoms with Gasteiger partial charge in [0.25, 0.3) is 0 Å². The molecule has 2 aromatic heterocycles. The molecule has 0 aliphatic carbocycles. The Bertz CT molecular complexity index is 481. The molecule has 1 aliphatic rings. The minimum absolute atomic E-state index is 0.193. The number of hydrogen-bond donors (Lipinski definition) is 1. The molecule has 3 heterocycles. The summed E-state index contributed by atoms with van der Waals surface area (Å²) in [6.07, 6.45) is 2.27. The topological polar surface area (TPSA) is 63.8 Å². The molecule has 1 saturated heterocycles. The Morgan fingerprint density at radius 3 is 3.24 bits per heavy atom. The molecule has 2 atom stereocenters. The van der Waals surface area contributed by atoms with Gasteiger partial charge in [0.1, 0.15) is 5.69 Å². The lowest BCUT2D eigenvalue weighted by Crippen LogP contribution is -2.30. The van der Waals surface area contributed by atoms with E-state index in [1.165, 1.54) is 17.8 Å². The zero-order valence-electron chi connectivity index (χ0n) is 9.59. The summed E-state index contributed by atoms with van der Waals surface area (Å²) < 4.78 is 5.32. The average molecular weight is 250 g/mol. The third-order valence-corrected chi connectivity index (χ3v) is 3.65. The van der Waals surface area contributed by atoms with Crippen molar-refractivity contribution >= 4 is 11.3 Å². The number of nitrogens with zero attached hydrogens (tertiary/aromatic N) is 3. The smallest absolute Gasteiger partial charge is 0.244 e. The summed E-state index contributed by atoms with van der Waals surface area (Å²) >= 11 is 1.53. The molecule has 1 aliphatic heterocycles. The fourth-order valence-electron chi connectivity index (χ4n) is 2.10. The first kappa shape index (κ1) is 10.9. The van der Waals surface area contributed by atoms with Crippen LogP contribution in [0.25, 0.3) is 11.5 Å². The van der Waals surface area contributed by atoms with Gasteiger partial charge in [0.2, 0.25) is 11.7 Å². The van der Waals surface area contributed by atoms with Crippen molar-refractivity contribution < 1.29 is 4.52 Å². The summed E-state index contributed by atoms with van der Waals surface area (Å²) in [5, 5.41) is 9.31. The van der Waals surface area contributed by atoms with Crippen LogP contribution in [0, 0.1) is 5.92 Å². The van der Waals surface area contributed by atoms with Crippen LogP contribution in [-0.4, -0.2) is 21.7 Å². The zero-order chi connectivity index (χ0) is 11.7. The van der Waals surface area contributed by atoms with E-state index in [4.69, 9.17) is 4.52 Å². The minimum Gasteiger partial charge on any atom is -0.337 e. The molecule has 0 spiro atoms. The molecule has 1 fully saturated rings. The van der Waals surface area contributed by atoms with Crippen molar-refractivity contribution in [3.8, 4) is 11.5 Å². The van der Waals surface area contributed by atoms with Crippen molar-refractivity contribution in [3.05, 3.63) is 16.8 Å². The molecule has 0 saturated carbocycles. The van der Waals surface area contributed by atoms with Gasteiger partial charge in [0, 0.05) is 5.38 Å². The molecule has 17 heavy (non-hydrogen) atoms. The molecule has 0 bridgehead atoms. The van der Waals surface area contributed by atoms with Gasteiger partial charge in [-0.1, -0.05) is 12.1 Å². The summed E-state index contributed by atoms with van der Waals surface area (Å²) in [6.45, 7) is 3.27. The van der Waals surface area contributed by atoms with Crippen LogP contribution in [-0.2, 0) is 0 Å². The van der Waals surface area contributed by atoms with Crippen LogP contribution in [0.3, 0.4) is 0 Å². The van der Waals surface area contributed by atoms with E-state index in [1.54, 1.807) is 5.51 Å². The molecule has 1 N–H and O–H groups in total. The fourth-order valence-corrected chi connectivity index (χ4v) is 2.63. The number of thiazole rings is 1. The first-order valence-electron chi connectivity index (χ1n) is 5.78. The highest BCUT2D eigenvalue weighted by molar-refractivity contribution is 7.07. The predicted molar refractivity (Wildman–Crippen MR) is 64.5 cm³/mol. The summed E-state index contributed by atoms with van der Waals surface area (Å²) in [4.78, 5) is 8.59. The van der Waals surface area contributed by atoms with Crippen LogP contribution in [0.1, 0.15) is 31.7 Å². The first-order chi connectivity index (χ1) is 8.33. The van der Waals surface area contributed by atoms with E-state index in [0.717, 1.165) is 18.7 Å². The maximum Gasteiger partial charge on any atom is 0.244 e. The van der Waals surface area contributed by atoms with E-state index in [2.05, 4.69) is 27.4 Å². The number of piperidine rings is 1. The van der Waals surface area contributed by atoms with E-state index in [0.29, 0.717) is 17.6 Å². The van der Waals surface area contributed by atoms with E-state index in [-0.39, 0.29) is 6.04 Å². The lowest BCUT2D eigenvalue weighted by molar-refractivity contribution is 0.260. The molecular formula is C11H14N4OS. The van der Waals surface area contributed by atoms with Crippen LogP contribution in [0.5, 0.6) is 0 Å². The first-order valence-corrected chi connectivity index (χ1v) is 6.73. The van der Waals surface area contributed by atoms with Gasteiger partial charge in [-0.2, -0.15) is 4.98 Å². The number of aromatic nitrogens is 3. The molecule has 0 amide bonds. The maximum absolute atomic E-state index is 5.32. The highest BCUT2D eigenvalue weighted by Crippen LogP contribution is 2.27. The molecule has 2 unspecified atom stereocenters. The highest BCUT2D eigenvalue weighted by atomic mass is 32.1. The zero-order valence-corrected chi connectivity index (χ0v) is 10.4. The summed E-state index contributed by atoms with van der Waals surface area (Å²) in [5.41, 5.74) is 2.56. The second-order valence-corrected chi connectivity index (χ2v) is 5.18. The predicted octanol–water partition coefficient (Wildman–Crippen LogP) is 2.25. The molecule has 6 heteroatoms. The van der Waals surface area contributed by atoms with Crippen LogP contribution >= 0.6 is 11.3 Å². The molecule has 0 aromatic carbocycles. The van der Waals surface area contributed by atoms with Gasteiger partial charge in [-0.15, -0.1) is 11.3 Å². The van der Waals surface area contributed by atoms with Crippen molar-refractivity contribution in [1.29, 1.82) is 0 Å². The highest BCUT2D eigenvalue weighted by Gasteiger charge is 2.25.